The van der Waals surface area contributed by atoms with Crippen LogP contribution >= 0.6 is 11.6 Å². The van der Waals surface area contributed by atoms with Gasteiger partial charge in [-0.2, -0.15) is 0 Å². The van der Waals surface area contributed by atoms with E-state index in [0.29, 0.717) is 16.8 Å². The highest BCUT2D eigenvalue weighted by atomic mass is 35.5. The van der Waals surface area contributed by atoms with Gasteiger partial charge >= 0.3 is 0 Å². The van der Waals surface area contributed by atoms with Crippen LogP contribution in [0.25, 0.3) is 0 Å². The third kappa shape index (κ3) is 2.88. The van der Waals surface area contributed by atoms with Gasteiger partial charge in [-0.25, -0.2) is 4.39 Å². The van der Waals surface area contributed by atoms with Crippen molar-refractivity contribution < 1.29 is 4.39 Å². The molecule has 1 atom stereocenters. The predicted molar refractivity (Wildman–Crippen MR) is 54.8 cm³/mol. The predicted octanol–water partition coefficient (Wildman–Crippen LogP) is 3.69. The molecule has 0 bridgehead atoms. The fraction of sp³-hybridized carbons (Fsp3) is 0.400. The number of benzene rings is 1. The van der Waals surface area contributed by atoms with Crippen molar-refractivity contribution in [1.29, 1.82) is 0 Å². The summed E-state index contributed by atoms with van der Waals surface area (Å²) in [5, 5.41) is 3.69. The van der Waals surface area contributed by atoms with Crippen LogP contribution in [0, 0.1) is 5.82 Å². The molecular formula is C10H13ClFN. The Morgan fingerprint density at radius 2 is 2.23 bits per heavy atom. The van der Waals surface area contributed by atoms with Crippen molar-refractivity contribution >= 4 is 17.3 Å². The Balaban J connectivity index is 2.81. The molecule has 0 radical (unpaired) electrons. The molecule has 72 valence electrons. The van der Waals surface area contributed by atoms with E-state index in [4.69, 9.17) is 11.6 Å². The minimum Gasteiger partial charge on any atom is -0.381 e. The zero-order valence-electron chi connectivity index (χ0n) is 7.77. The molecule has 0 fully saturated rings. The summed E-state index contributed by atoms with van der Waals surface area (Å²) < 4.78 is 12.8. The van der Waals surface area contributed by atoms with Crippen LogP contribution in [-0.2, 0) is 0 Å². The summed E-state index contributed by atoms with van der Waals surface area (Å²) in [6.45, 7) is 4.09. The molecule has 1 aromatic rings. The fourth-order valence-corrected chi connectivity index (χ4v) is 1.15. The van der Waals surface area contributed by atoms with E-state index in [0.717, 1.165) is 6.42 Å². The minimum absolute atomic E-state index is 0.268. The van der Waals surface area contributed by atoms with Crippen LogP contribution in [0.2, 0.25) is 5.02 Å². The summed E-state index contributed by atoms with van der Waals surface area (Å²) in [4.78, 5) is 0. The number of hydrogen-bond acceptors (Lipinski definition) is 1. The quantitative estimate of drug-likeness (QED) is 0.787. The lowest BCUT2D eigenvalue weighted by Gasteiger charge is -2.13. The number of halogens is 2. The lowest BCUT2D eigenvalue weighted by molar-refractivity contribution is 0.627. The Morgan fingerprint density at radius 3 is 2.85 bits per heavy atom. The van der Waals surface area contributed by atoms with Gasteiger partial charge < -0.3 is 5.32 Å². The topological polar surface area (TPSA) is 12.0 Å². The Labute approximate surface area is 82.9 Å². The third-order valence-corrected chi connectivity index (χ3v) is 2.27. The molecule has 1 N–H and O–H groups in total. The van der Waals surface area contributed by atoms with Gasteiger partial charge in [0.2, 0.25) is 0 Å². The molecule has 0 spiro atoms. The van der Waals surface area contributed by atoms with Crippen LogP contribution in [0.4, 0.5) is 10.1 Å². The zero-order valence-corrected chi connectivity index (χ0v) is 8.53. The number of rotatable bonds is 3. The molecule has 0 saturated carbocycles. The molecule has 0 amide bonds. The molecule has 0 aliphatic carbocycles. The zero-order chi connectivity index (χ0) is 9.84. The highest BCUT2D eigenvalue weighted by Gasteiger charge is 2.04. The monoisotopic (exact) mass is 201 g/mol. The van der Waals surface area contributed by atoms with E-state index in [-0.39, 0.29) is 5.82 Å². The lowest BCUT2D eigenvalue weighted by atomic mass is 10.2. The van der Waals surface area contributed by atoms with Crippen LogP contribution in [0.3, 0.4) is 0 Å². The van der Waals surface area contributed by atoms with Crippen molar-refractivity contribution in [2.75, 3.05) is 5.32 Å². The first-order valence-electron chi connectivity index (χ1n) is 4.35. The fourth-order valence-electron chi connectivity index (χ4n) is 0.976. The van der Waals surface area contributed by atoms with Gasteiger partial charge in [0.25, 0.3) is 0 Å². The van der Waals surface area contributed by atoms with Gasteiger partial charge in [-0.05, 0) is 31.5 Å². The summed E-state index contributed by atoms with van der Waals surface area (Å²) >= 11 is 5.87. The largest absolute Gasteiger partial charge is 0.381 e. The molecule has 13 heavy (non-hydrogen) atoms. The van der Waals surface area contributed by atoms with Crippen molar-refractivity contribution in [2.45, 2.75) is 26.3 Å². The SMILES string of the molecule is CCC(C)Nc1cc(F)ccc1Cl. The average Bonchev–Trinajstić information content (AvgIpc) is 2.11. The maximum atomic E-state index is 12.8. The van der Waals surface area contributed by atoms with Crippen LogP contribution in [-0.4, -0.2) is 6.04 Å². The van der Waals surface area contributed by atoms with E-state index in [2.05, 4.69) is 12.2 Å². The lowest BCUT2D eigenvalue weighted by Crippen LogP contribution is -2.13. The highest BCUT2D eigenvalue weighted by Crippen LogP contribution is 2.23. The van der Waals surface area contributed by atoms with Crippen molar-refractivity contribution in [2.24, 2.45) is 0 Å². The van der Waals surface area contributed by atoms with Gasteiger partial charge in [0.15, 0.2) is 0 Å². The van der Waals surface area contributed by atoms with E-state index in [9.17, 15) is 4.39 Å². The smallest absolute Gasteiger partial charge is 0.125 e. The van der Waals surface area contributed by atoms with Crippen LogP contribution < -0.4 is 5.32 Å². The third-order valence-electron chi connectivity index (χ3n) is 1.94. The second-order valence-electron chi connectivity index (χ2n) is 3.08. The second kappa shape index (κ2) is 4.47. The van der Waals surface area contributed by atoms with Crippen molar-refractivity contribution in [1.82, 2.24) is 0 Å². The molecule has 3 heteroatoms. The van der Waals surface area contributed by atoms with Gasteiger partial charge in [0, 0.05) is 6.04 Å². The van der Waals surface area contributed by atoms with Crippen LogP contribution in [0.5, 0.6) is 0 Å². The molecule has 0 aromatic heterocycles. The van der Waals surface area contributed by atoms with Crippen molar-refractivity contribution in [3.8, 4) is 0 Å². The second-order valence-corrected chi connectivity index (χ2v) is 3.49. The first-order chi connectivity index (χ1) is 6.13. The molecule has 1 aromatic carbocycles. The first kappa shape index (κ1) is 10.3. The molecule has 1 nitrogen and oxygen atoms in total. The number of anilines is 1. The van der Waals surface area contributed by atoms with E-state index in [1.54, 1.807) is 6.07 Å². The van der Waals surface area contributed by atoms with Gasteiger partial charge in [-0.15, -0.1) is 0 Å². The summed E-state index contributed by atoms with van der Waals surface area (Å²) in [7, 11) is 0. The molecule has 0 saturated heterocycles. The van der Waals surface area contributed by atoms with Crippen molar-refractivity contribution in [3.05, 3.63) is 29.0 Å². The summed E-state index contributed by atoms with van der Waals surface area (Å²) in [6, 6.07) is 4.62. The normalized spacial score (nSPS) is 12.6. The Hall–Kier alpha value is -0.760. The molecule has 0 aliphatic heterocycles. The number of hydrogen-bond donors (Lipinski definition) is 1. The summed E-state index contributed by atoms with van der Waals surface area (Å²) in [5.74, 6) is -0.268. The number of nitrogens with one attached hydrogen (secondary N) is 1. The molecule has 1 unspecified atom stereocenters. The van der Waals surface area contributed by atoms with E-state index in [1.165, 1.54) is 12.1 Å². The van der Waals surface area contributed by atoms with Crippen LogP contribution in [0.1, 0.15) is 20.3 Å². The van der Waals surface area contributed by atoms with Gasteiger partial charge in [0.1, 0.15) is 5.82 Å². The molecule has 0 heterocycles. The summed E-state index contributed by atoms with van der Waals surface area (Å²) in [6.07, 6.45) is 0.979. The average molecular weight is 202 g/mol. The van der Waals surface area contributed by atoms with Gasteiger partial charge in [-0.1, -0.05) is 18.5 Å². The highest BCUT2D eigenvalue weighted by molar-refractivity contribution is 6.33. The Morgan fingerprint density at radius 1 is 1.54 bits per heavy atom. The van der Waals surface area contributed by atoms with Gasteiger partial charge in [0.05, 0.1) is 10.7 Å². The van der Waals surface area contributed by atoms with E-state index >= 15 is 0 Å². The van der Waals surface area contributed by atoms with Crippen LogP contribution in [0.15, 0.2) is 18.2 Å². The van der Waals surface area contributed by atoms with Gasteiger partial charge in [-0.3, -0.25) is 0 Å². The first-order valence-corrected chi connectivity index (χ1v) is 4.73. The molecule has 0 aliphatic rings. The van der Waals surface area contributed by atoms with E-state index < -0.39 is 0 Å². The Kier molecular flexibility index (Phi) is 3.55. The maximum absolute atomic E-state index is 12.8. The Bertz CT molecular complexity index is 288. The van der Waals surface area contributed by atoms with E-state index in [1.807, 2.05) is 6.92 Å². The minimum atomic E-state index is -0.268. The molecular weight excluding hydrogens is 189 g/mol. The summed E-state index contributed by atoms with van der Waals surface area (Å²) in [5.41, 5.74) is 0.663. The maximum Gasteiger partial charge on any atom is 0.125 e. The molecule has 1 rings (SSSR count). The standard InChI is InChI=1S/C10H13ClFN/c1-3-7(2)13-10-6-8(12)4-5-9(10)11/h4-7,13H,3H2,1-2H3. The van der Waals surface area contributed by atoms with Crippen molar-refractivity contribution in [3.63, 3.8) is 0 Å².